The van der Waals surface area contributed by atoms with Gasteiger partial charge in [-0.15, -0.1) is 21.8 Å². The molecule has 2 aromatic rings. The molecule has 0 saturated heterocycles. The average molecular weight is 258 g/mol. The highest BCUT2D eigenvalue weighted by molar-refractivity contribution is 6.16. The van der Waals surface area contributed by atoms with Gasteiger partial charge in [-0.1, -0.05) is 6.07 Å². The second-order valence-electron chi connectivity index (χ2n) is 3.41. The van der Waals surface area contributed by atoms with Crippen LogP contribution < -0.4 is 0 Å². The Balaban J connectivity index is 2.64. The van der Waals surface area contributed by atoms with Crippen molar-refractivity contribution in [2.45, 2.75) is 19.3 Å². The number of alkyl halides is 1. The van der Waals surface area contributed by atoms with Crippen molar-refractivity contribution in [2.24, 2.45) is 0 Å². The van der Waals surface area contributed by atoms with Crippen LogP contribution in [-0.2, 0) is 12.4 Å². The maximum atomic E-state index is 13.6. The van der Waals surface area contributed by atoms with Gasteiger partial charge in [-0.3, -0.25) is 0 Å². The first-order valence-electron chi connectivity index (χ1n) is 5.11. The summed E-state index contributed by atoms with van der Waals surface area (Å²) in [6, 6.07) is 3.68. The van der Waals surface area contributed by atoms with Gasteiger partial charge >= 0.3 is 0 Å². The predicted molar refractivity (Wildman–Crippen MR) is 60.6 cm³/mol. The lowest BCUT2D eigenvalue weighted by molar-refractivity contribution is 0.583. The molecule has 0 N–H and O–H groups in total. The number of rotatable bonds is 3. The normalized spacial score (nSPS) is 10.8. The molecule has 3 nitrogen and oxygen atoms in total. The summed E-state index contributed by atoms with van der Waals surface area (Å²) in [4.78, 5) is 0. The van der Waals surface area contributed by atoms with E-state index in [1.165, 1.54) is 18.2 Å². The van der Waals surface area contributed by atoms with Crippen molar-refractivity contribution in [1.82, 2.24) is 14.8 Å². The van der Waals surface area contributed by atoms with Crippen LogP contribution in [0.3, 0.4) is 0 Å². The van der Waals surface area contributed by atoms with Crippen LogP contribution >= 0.6 is 11.6 Å². The Morgan fingerprint density at radius 1 is 1.24 bits per heavy atom. The van der Waals surface area contributed by atoms with Gasteiger partial charge in [0.15, 0.2) is 5.82 Å². The van der Waals surface area contributed by atoms with Crippen molar-refractivity contribution < 1.29 is 8.78 Å². The van der Waals surface area contributed by atoms with Gasteiger partial charge in [0, 0.05) is 6.54 Å². The number of nitrogens with zero attached hydrogens (tertiary/aromatic N) is 3. The molecular weight excluding hydrogens is 248 g/mol. The van der Waals surface area contributed by atoms with E-state index in [1.807, 2.05) is 6.92 Å². The number of hydrogen-bond acceptors (Lipinski definition) is 2. The quantitative estimate of drug-likeness (QED) is 0.792. The molecule has 1 aromatic heterocycles. The van der Waals surface area contributed by atoms with Crippen LogP contribution in [0, 0.1) is 11.6 Å². The molecule has 0 unspecified atom stereocenters. The minimum atomic E-state index is -0.659. The van der Waals surface area contributed by atoms with Crippen LogP contribution in [0.5, 0.6) is 0 Å². The highest BCUT2D eigenvalue weighted by Crippen LogP contribution is 2.25. The molecule has 6 heteroatoms. The molecular formula is C11H10ClF2N3. The Morgan fingerprint density at radius 3 is 2.41 bits per heavy atom. The molecule has 0 saturated carbocycles. The van der Waals surface area contributed by atoms with Gasteiger partial charge in [0.1, 0.15) is 17.5 Å². The third kappa shape index (κ3) is 2.02. The largest absolute Gasteiger partial charge is 0.310 e. The summed E-state index contributed by atoms with van der Waals surface area (Å²) in [5, 5.41) is 7.61. The number of hydrogen-bond donors (Lipinski definition) is 0. The van der Waals surface area contributed by atoms with Crippen LogP contribution in [0.2, 0.25) is 0 Å². The summed E-state index contributed by atoms with van der Waals surface area (Å²) in [6.07, 6.45) is 0. The molecule has 1 aromatic carbocycles. The maximum absolute atomic E-state index is 13.6. The van der Waals surface area contributed by atoms with Gasteiger partial charge in [-0.2, -0.15) is 0 Å². The first-order valence-corrected chi connectivity index (χ1v) is 5.65. The van der Waals surface area contributed by atoms with E-state index in [9.17, 15) is 8.78 Å². The van der Waals surface area contributed by atoms with E-state index < -0.39 is 11.6 Å². The third-order valence-electron chi connectivity index (χ3n) is 2.45. The molecule has 17 heavy (non-hydrogen) atoms. The second kappa shape index (κ2) is 4.79. The van der Waals surface area contributed by atoms with Gasteiger partial charge in [0.2, 0.25) is 0 Å². The van der Waals surface area contributed by atoms with E-state index in [1.54, 1.807) is 4.57 Å². The fourth-order valence-corrected chi connectivity index (χ4v) is 1.86. The summed E-state index contributed by atoms with van der Waals surface area (Å²) < 4.78 is 28.8. The number of benzene rings is 1. The number of halogens is 3. The Kier molecular flexibility index (Phi) is 3.38. The van der Waals surface area contributed by atoms with Gasteiger partial charge in [0.05, 0.1) is 11.4 Å². The monoisotopic (exact) mass is 257 g/mol. The minimum absolute atomic E-state index is 0.150. The van der Waals surface area contributed by atoms with Crippen LogP contribution in [-0.4, -0.2) is 14.8 Å². The summed E-state index contributed by atoms with van der Waals surface area (Å²) in [5.41, 5.74) is -0.168. The summed E-state index contributed by atoms with van der Waals surface area (Å²) in [7, 11) is 0. The lowest BCUT2D eigenvalue weighted by Crippen LogP contribution is -2.04. The molecule has 1 heterocycles. The minimum Gasteiger partial charge on any atom is -0.310 e. The van der Waals surface area contributed by atoms with Crippen molar-refractivity contribution in [3.63, 3.8) is 0 Å². The van der Waals surface area contributed by atoms with Crippen LogP contribution in [0.1, 0.15) is 12.7 Å². The van der Waals surface area contributed by atoms with Crippen molar-refractivity contribution in [3.8, 4) is 11.4 Å². The van der Waals surface area contributed by atoms with Crippen LogP contribution in [0.15, 0.2) is 18.2 Å². The van der Waals surface area contributed by atoms with E-state index in [-0.39, 0.29) is 17.3 Å². The smallest absolute Gasteiger partial charge is 0.169 e. The Bertz CT molecular complexity index is 519. The van der Waals surface area contributed by atoms with Crippen molar-refractivity contribution in [2.75, 3.05) is 0 Å². The van der Waals surface area contributed by atoms with E-state index in [0.29, 0.717) is 12.4 Å². The molecule has 90 valence electrons. The molecule has 0 spiro atoms. The fraction of sp³-hybridized carbons (Fsp3) is 0.273. The Morgan fingerprint density at radius 2 is 1.88 bits per heavy atom. The summed E-state index contributed by atoms with van der Waals surface area (Å²) in [6.45, 7) is 2.33. The second-order valence-corrected chi connectivity index (χ2v) is 3.68. The molecule has 0 aliphatic heterocycles. The van der Waals surface area contributed by atoms with E-state index in [4.69, 9.17) is 11.6 Å². The van der Waals surface area contributed by atoms with E-state index >= 15 is 0 Å². The van der Waals surface area contributed by atoms with Crippen LogP contribution in [0.25, 0.3) is 11.4 Å². The zero-order chi connectivity index (χ0) is 12.4. The summed E-state index contributed by atoms with van der Waals surface area (Å²) in [5.74, 6) is -0.510. The predicted octanol–water partition coefficient (Wildman–Crippen LogP) is 2.98. The number of aromatic nitrogens is 3. The third-order valence-corrected chi connectivity index (χ3v) is 2.69. The fourth-order valence-electron chi connectivity index (χ4n) is 1.66. The van der Waals surface area contributed by atoms with Crippen LogP contribution in [0.4, 0.5) is 8.78 Å². The Labute approximate surface area is 102 Å². The van der Waals surface area contributed by atoms with Crippen molar-refractivity contribution in [3.05, 3.63) is 35.7 Å². The van der Waals surface area contributed by atoms with Gasteiger partial charge in [-0.05, 0) is 19.1 Å². The molecule has 0 aliphatic rings. The molecule has 0 radical (unpaired) electrons. The zero-order valence-electron chi connectivity index (χ0n) is 9.12. The lowest BCUT2D eigenvalue weighted by Gasteiger charge is -2.07. The topological polar surface area (TPSA) is 30.7 Å². The maximum Gasteiger partial charge on any atom is 0.169 e. The molecule has 0 amide bonds. The first-order chi connectivity index (χ1) is 8.19. The first kappa shape index (κ1) is 12.0. The van der Waals surface area contributed by atoms with Crippen molar-refractivity contribution >= 4 is 11.6 Å². The van der Waals surface area contributed by atoms with E-state index in [0.717, 1.165) is 0 Å². The average Bonchev–Trinajstić information content (AvgIpc) is 2.71. The molecule has 0 bridgehead atoms. The Hall–Kier alpha value is -1.49. The molecule has 2 rings (SSSR count). The highest BCUT2D eigenvalue weighted by Gasteiger charge is 2.18. The highest BCUT2D eigenvalue weighted by atomic mass is 35.5. The summed E-state index contributed by atoms with van der Waals surface area (Å²) >= 11 is 5.68. The van der Waals surface area contributed by atoms with Gasteiger partial charge in [-0.25, -0.2) is 8.78 Å². The SMILES string of the molecule is CCn1c(CCl)nnc1-c1c(F)cccc1F. The van der Waals surface area contributed by atoms with E-state index in [2.05, 4.69) is 10.2 Å². The van der Waals surface area contributed by atoms with Gasteiger partial charge < -0.3 is 4.57 Å². The standard InChI is InChI=1S/C11H10ClF2N3/c1-2-17-9(6-12)15-16-11(17)10-7(13)4-3-5-8(10)14/h3-5H,2,6H2,1H3. The molecule has 0 aliphatic carbocycles. The molecule has 0 fully saturated rings. The lowest BCUT2D eigenvalue weighted by atomic mass is 10.2. The zero-order valence-corrected chi connectivity index (χ0v) is 9.88. The molecule has 0 atom stereocenters. The van der Waals surface area contributed by atoms with Gasteiger partial charge in [0.25, 0.3) is 0 Å². The van der Waals surface area contributed by atoms with Crippen molar-refractivity contribution in [1.29, 1.82) is 0 Å².